The number of pyridine rings is 1. The van der Waals surface area contributed by atoms with E-state index in [4.69, 9.17) is 14.2 Å². The normalized spacial score (nSPS) is 20.3. The monoisotopic (exact) mass is 245 g/mol. The van der Waals surface area contributed by atoms with E-state index < -0.39 is 0 Å². The van der Waals surface area contributed by atoms with Gasteiger partial charge in [-0.05, 0) is 19.1 Å². The van der Waals surface area contributed by atoms with Gasteiger partial charge in [0.2, 0.25) is 0 Å². The number of hydrogen-bond acceptors (Lipinski definition) is 5. The molecule has 1 aliphatic rings. The van der Waals surface area contributed by atoms with Crippen molar-refractivity contribution in [3.63, 3.8) is 0 Å². The Morgan fingerprint density at radius 2 is 2.44 bits per heavy atom. The van der Waals surface area contributed by atoms with Crippen molar-refractivity contribution in [1.82, 2.24) is 4.98 Å². The van der Waals surface area contributed by atoms with Crippen LogP contribution in [-0.2, 0) is 4.74 Å². The molecule has 0 spiro atoms. The predicted octanol–water partition coefficient (Wildman–Crippen LogP) is 0.290. The van der Waals surface area contributed by atoms with Gasteiger partial charge in [-0.2, -0.15) is 0 Å². The molecule has 3 rings (SSSR count). The van der Waals surface area contributed by atoms with Gasteiger partial charge in [0.1, 0.15) is 11.4 Å². The molecule has 1 fully saturated rings. The quantitative estimate of drug-likeness (QED) is 0.770. The van der Waals surface area contributed by atoms with Crippen LogP contribution in [0.5, 0.6) is 0 Å². The molecule has 1 unspecified atom stereocenters. The van der Waals surface area contributed by atoms with E-state index in [9.17, 15) is 0 Å². The van der Waals surface area contributed by atoms with Crippen molar-refractivity contribution >= 4 is 29.9 Å². The van der Waals surface area contributed by atoms with Gasteiger partial charge in [0, 0.05) is 19.3 Å². The first-order valence-electron chi connectivity index (χ1n) is 6.00. The summed E-state index contributed by atoms with van der Waals surface area (Å²) >= 11 is 0. The molecule has 6 heteroatoms. The zero-order chi connectivity index (χ0) is 12.5. The third-order valence-electron chi connectivity index (χ3n) is 3.11. The van der Waals surface area contributed by atoms with Gasteiger partial charge in [0.05, 0.1) is 23.8 Å². The summed E-state index contributed by atoms with van der Waals surface area (Å²) in [5.74, 6) is 0.888. The van der Waals surface area contributed by atoms with Crippen LogP contribution in [0.4, 0.5) is 5.82 Å². The van der Waals surface area contributed by atoms with Crippen LogP contribution in [0.2, 0.25) is 0 Å². The van der Waals surface area contributed by atoms with E-state index in [1.807, 2.05) is 0 Å². The molecule has 18 heavy (non-hydrogen) atoms. The van der Waals surface area contributed by atoms with E-state index in [0.29, 0.717) is 12.3 Å². The van der Waals surface area contributed by atoms with Crippen LogP contribution in [0.15, 0.2) is 22.7 Å². The van der Waals surface area contributed by atoms with Gasteiger partial charge in [-0.3, -0.25) is 0 Å². The molecule has 1 aliphatic heterocycles. The molecule has 2 aromatic heterocycles. The minimum atomic E-state index is 0.201. The Kier molecular flexibility index (Phi) is 2.97. The van der Waals surface area contributed by atoms with Crippen molar-refractivity contribution in [2.24, 2.45) is 0 Å². The van der Waals surface area contributed by atoms with E-state index in [1.54, 1.807) is 18.3 Å². The van der Waals surface area contributed by atoms with Crippen molar-refractivity contribution in [2.75, 3.05) is 24.6 Å². The van der Waals surface area contributed by atoms with Crippen LogP contribution < -0.4 is 10.6 Å². The summed E-state index contributed by atoms with van der Waals surface area (Å²) in [6.45, 7) is 4.39. The molecule has 0 aromatic carbocycles. The number of furan rings is 1. The molecule has 0 aliphatic carbocycles. The maximum absolute atomic E-state index is 9.01. The van der Waals surface area contributed by atoms with Gasteiger partial charge in [0.25, 0.3) is 0 Å². The molecular weight excluding hydrogens is 231 g/mol. The highest BCUT2D eigenvalue weighted by Gasteiger charge is 2.21. The highest BCUT2D eigenvalue weighted by Crippen LogP contribution is 2.25. The predicted molar refractivity (Wildman–Crippen MR) is 69.2 cm³/mol. The third-order valence-corrected chi connectivity index (χ3v) is 3.11. The van der Waals surface area contributed by atoms with E-state index in [0.717, 1.165) is 37.4 Å². The van der Waals surface area contributed by atoms with E-state index in [-0.39, 0.29) is 6.10 Å². The molecule has 1 saturated heterocycles. The largest absolute Gasteiger partial charge is 0.468 e. The number of aromatic nitrogens is 1. The first kappa shape index (κ1) is 11.6. The van der Waals surface area contributed by atoms with E-state index in [2.05, 4.69) is 16.8 Å². The van der Waals surface area contributed by atoms with Crippen molar-refractivity contribution in [3.05, 3.63) is 18.3 Å². The van der Waals surface area contributed by atoms with Crippen molar-refractivity contribution < 1.29 is 14.2 Å². The Hall–Kier alpha value is -1.53. The lowest BCUT2D eigenvalue weighted by atomic mass is 9.98. The summed E-state index contributed by atoms with van der Waals surface area (Å²) in [7, 11) is 0.964. The lowest BCUT2D eigenvalue weighted by molar-refractivity contribution is 0.0530. The number of anilines is 1. The highest BCUT2D eigenvalue weighted by molar-refractivity contribution is 6.44. The second kappa shape index (κ2) is 4.63. The van der Waals surface area contributed by atoms with Gasteiger partial charge < -0.3 is 19.1 Å². The minimum Gasteiger partial charge on any atom is -0.468 e. The minimum absolute atomic E-state index is 0.201. The molecule has 3 heterocycles. The smallest absolute Gasteiger partial charge is 0.373 e. The number of fused-ring (bicyclic) bond motifs is 1. The van der Waals surface area contributed by atoms with E-state index >= 15 is 0 Å². The molecule has 1 N–H and O–H groups in total. The maximum Gasteiger partial charge on any atom is 0.373 e. The lowest BCUT2D eigenvalue weighted by Crippen LogP contribution is -2.41. The molecule has 1 radical (unpaired) electrons. The molecule has 0 amide bonds. The zero-order valence-corrected chi connectivity index (χ0v) is 10.2. The molecule has 5 nitrogen and oxygen atoms in total. The summed E-state index contributed by atoms with van der Waals surface area (Å²) in [6, 6.07) is 3.60. The standard InChI is InChI=1S/C12H14BN2O3/c1-8-7-15(4-5-17-8)12-9-6-11(13-16)18-10(9)2-3-14-12/h2-3,6,8,16H,4-5,7H2,1H3. The first-order valence-corrected chi connectivity index (χ1v) is 6.00. The lowest BCUT2D eigenvalue weighted by Gasteiger charge is -2.32. The Morgan fingerprint density at radius 1 is 1.56 bits per heavy atom. The van der Waals surface area contributed by atoms with Crippen LogP contribution in [0, 0.1) is 0 Å². The number of morpholine rings is 1. The Labute approximate surface area is 106 Å². The summed E-state index contributed by atoms with van der Waals surface area (Å²) in [6.07, 6.45) is 1.93. The fraction of sp³-hybridized carbons (Fsp3) is 0.417. The van der Waals surface area contributed by atoms with Crippen LogP contribution in [0.25, 0.3) is 11.0 Å². The Bertz CT molecular complexity index is 557. The summed E-state index contributed by atoms with van der Waals surface area (Å²) < 4.78 is 11.0. The van der Waals surface area contributed by atoms with Crippen LogP contribution in [0.1, 0.15) is 6.92 Å². The Morgan fingerprint density at radius 3 is 3.22 bits per heavy atom. The van der Waals surface area contributed by atoms with Gasteiger partial charge >= 0.3 is 7.48 Å². The second-order valence-electron chi connectivity index (χ2n) is 4.45. The van der Waals surface area contributed by atoms with Gasteiger partial charge in [-0.25, -0.2) is 4.98 Å². The molecule has 0 bridgehead atoms. The maximum atomic E-state index is 9.01. The van der Waals surface area contributed by atoms with Gasteiger partial charge in [-0.15, -0.1) is 0 Å². The number of rotatable bonds is 2. The second-order valence-corrected chi connectivity index (χ2v) is 4.45. The van der Waals surface area contributed by atoms with Crippen LogP contribution >= 0.6 is 0 Å². The van der Waals surface area contributed by atoms with Crippen LogP contribution in [0.3, 0.4) is 0 Å². The van der Waals surface area contributed by atoms with Gasteiger partial charge in [0.15, 0.2) is 0 Å². The van der Waals surface area contributed by atoms with Crippen molar-refractivity contribution in [2.45, 2.75) is 13.0 Å². The first-order chi connectivity index (χ1) is 8.78. The van der Waals surface area contributed by atoms with E-state index in [1.165, 1.54) is 0 Å². The summed E-state index contributed by atoms with van der Waals surface area (Å²) in [5.41, 5.74) is 1.18. The number of nitrogens with zero attached hydrogens (tertiary/aromatic N) is 2. The fourth-order valence-corrected chi connectivity index (χ4v) is 2.29. The summed E-state index contributed by atoms with van der Waals surface area (Å²) in [5, 5.41) is 9.93. The summed E-state index contributed by atoms with van der Waals surface area (Å²) in [4.78, 5) is 6.62. The topological polar surface area (TPSA) is 58.7 Å². The molecular formula is C12H14BN2O3. The third kappa shape index (κ3) is 1.98. The Balaban J connectivity index is 2.02. The molecule has 0 saturated carbocycles. The molecule has 93 valence electrons. The van der Waals surface area contributed by atoms with Crippen molar-refractivity contribution in [3.8, 4) is 0 Å². The van der Waals surface area contributed by atoms with Crippen LogP contribution in [-0.4, -0.2) is 43.3 Å². The fourth-order valence-electron chi connectivity index (χ4n) is 2.29. The van der Waals surface area contributed by atoms with Crippen molar-refractivity contribution in [1.29, 1.82) is 0 Å². The average molecular weight is 245 g/mol. The number of ether oxygens (including phenoxy) is 1. The molecule has 1 atom stereocenters. The van der Waals surface area contributed by atoms with Gasteiger partial charge in [-0.1, -0.05) is 0 Å². The number of hydrogen-bond donors (Lipinski definition) is 1. The molecule has 2 aromatic rings. The average Bonchev–Trinajstić information content (AvgIpc) is 2.81. The SMILES string of the molecule is CC1CN(c2nccc3oc([B]O)cc23)CCO1. The zero-order valence-electron chi connectivity index (χ0n) is 10.2. The highest BCUT2D eigenvalue weighted by atomic mass is 16.5.